The third-order valence-electron chi connectivity index (χ3n) is 4.67. The molecular formula is C16H18N2O4. The Hall–Kier alpha value is -2.21. The number of fused-ring (bicyclic) bond motifs is 1. The molecule has 2 saturated heterocycles. The molecule has 6 heteroatoms. The van der Waals surface area contributed by atoms with Gasteiger partial charge in [0.2, 0.25) is 11.8 Å². The predicted octanol–water partition coefficient (Wildman–Crippen LogP) is 0.412. The fourth-order valence-corrected chi connectivity index (χ4v) is 3.52. The van der Waals surface area contributed by atoms with Gasteiger partial charge in [-0.2, -0.15) is 0 Å². The number of nitrogens with one attached hydrogen (secondary N) is 1. The maximum absolute atomic E-state index is 12.5. The maximum atomic E-state index is 12.5. The third kappa shape index (κ3) is 1.94. The first-order valence-corrected chi connectivity index (χ1v) is 7.18. The van der Waals surface area contributed by atoms with Crippen LogP contribution in [0.25, 0.3) is 0 Å². The summed E-state index contributed by atoms with van der Waals surface area (Å²) in [6.07, 6.45) is 0. The van der Waals surface area contributed by atoms with Gasteiger partial charge in [0.05, 0.1) is 18.9 Å². The van der Waals surface area contributed by atoms with Crippen molar-refractivity contribution < 1.29 is 19.1 Å². The molecular weight excluding hydrogens is 284 g/mol. The van der Waals surface area contributed by atoms with Gasteiger partial charge in [-0.25, -0.2) is 0 Å². The molecule has 2 aliphatic heterocycles. The molecule has 4 atom stereocenters. The zero-order chi connectivity index (χ0) is 16.0. The molecule has 0 bridgehead atoms. The molecule has 1 N–H and O–H groups in total. The van der Waals surface area contributed by atoms with E-state index in [2.05, 4.69) is 5.32 Å². The molecule has 0 radical (unpaired) electrons. The molecule has 22 heavy (non-hydrogen) atoms. The summed E-state index contributed by atoms with van der Waals surface area (Å²) in [6, 6.07) is 6.51. The number of rotatable bonds is 2. The number of hydrogen-bond donors (Lipinski definition) is 1. The van der Waals surface area contributed by atoms with E-state index < -0.39 is 23.8 Å². The molecule has 2 aliphatic rings. The number of hydrogen-bond acceptors (Lipinski definition) is 5. The molecule has 2 fully saturated rings. The second-order valence-electron chi connectivity index (χ2n) is 5.79. The van der Waals surface area contributed by atoms with Crippen LogP contribution >= 0.6 is 0 Å². The number of methoxy groups -OCH3 is 1. The van der Waals surface area contributed by atoms with Gasteiger partial charge in [0, 0.05) is 13.1 Å². The number of carbonyl (C=O) groups is 3. The first-order valence-electron chi connectivity index (χ1n) is 7.18. The fraction of sp³-hybridized carbons (Fsp3) is 0.438. The van der Waals surface area contributed by atoms with Crippen molar-refractivity contribution in [2.24, 2.45) is 11.8 Å². The molecule has 6 nitrogen and oxygen atoms in total. The highest BCUT2D eigenvalue weighted by Crippen LogP contribution is 2.44. The number of imide groups is 1. The Balaban J connectivity index is 2.06. The molecule has 0 spiro atoms. The van der Waals surface area contributed by atoms with Gasteiger partial charge in [-0.15, -0.1) is 0 Å². The van der Waals surface area contributed by atoms with Gasteiger partial charge >= 0.3 is 5.97 Å². The lowest BCUT2D eigenvalue weighted by atomic mass is 9.85. The van der Waals surface area contributed by atoms with Crippen molar-refractivity contribution in [3.8, 4) is 0 Å². The molecule has 116 valence electrons. The number of likely N-dealkylation sites (tertiary alicyclic amines) is 1. The van der Waals surface area contributed by atoms with Crippen molar-refractivity contribution in [2.75, 3.05) is 14.2 Å². The average Bonchev–Trinajstić information content (AvgIpc) is 3.01. The van der Waals surface area contributed by atoms with Gasteiger partial charge in [0.15, 0.2) is 0 Å². The van der Waals surface area contributed by atoms with E-state index in [9.17, 15) is 14.4 Å². The molecule has 3 rings (SSSR count). The summed E-state index contributed by atoms with van der Waals surface area (Å²) in [5.74, 6) is -2.35. The van der Waals surface area contributed by atoms with Crippen LogP contribution in [-0.2, 0) is 19.1 Å². The SMILES string of the molecule is COC(=O)[C@@H]1N[C@H](c2ccccc2C)[C@@H]2C(=O)N(C)C(=O)[C@@H]21. The topological polar surface area (TPSA) is 75.7 Å². The highest BCUT2D eigenvalue weighted by atomic mass is 16.5. The Labute approximate surface area is 128 Å². The van der Waals surface area contributed by atoms with Crippen LogP contribution in [0.1, 0.15) is 17.2 Å². The second kappa shape index (κ2) is 5.21. The van der Waals surface area contributed by atoms with Crippen molar-refractivity contribution >= 4 is 17.8 Å². The van der Waals surface area contributed by atoms with Gasteiger partial charge in [-0.1, -0.05) is 24.3 Å². The number of benzene rings is 1. The highest BCUT2D eigenvalue weighted by Gasteiger charge is 2.60. The van der Waals surface area contributed by atoms with Crippen LogP contribution in [-0.4, -0.2) is 42.9 Å². The molecule has 0 unspecified atom stereocenters. The van der Waals surface area contributed by atoms with E-state index in [4.69, 9.17) is 4.74 Å². The monoisotopic (exact) mass is 302 g/mol. The van der Waals surface area contributed by atoms with Gasteiger partial charge in [-0.05, 0) is 18.1 Å². The Morgan fingerprint density at radius 3 is 2.45 bits per heavy atom. The number of carbonyl (C=O) groups excluding carboxylic acids is 3. The number of nitrogens with zero attached hydrogens (tertiary/aromatic N) is 1. The number of esters is 1. The van der Waals surface area contributed by atoms with Gasteiger partial charge in [-0.3, -0.25) is 24.6 Å². The van der Waals surface area contributed by atoms with Crippen LogP contribution < -0.4 is 5.32 Å². The van der Waals surface area contributed by atoms with Crippen LogP contribution in [0.5, 0.6) is 0 Å². The summed E-state index contributed by atoms with van der Waals surface area (Å²) in [4.78, 5) is 37.9. The Morgan fingerprint density at radius 2 is 1.82 bits per heavy atom. The van der Waals surface area contributed by atoms with Crippen LogP contribution in [0.2, 0.25) is 0 Å². The first kappa shape index (κ1) is 14.7. The third-order valence-corrected chi connectivity index (χ3v) is 4.67. The van der Waals surface area contributed by atoms with Crippen LogP contribution in [0.3, 0.4) is 0 Å². The summed E-state index contributed by atoms with van der Waals surface area (Å²) in [6.45, 7) is 1.95. The van der Waals surface area contributed by atoms with E-state index in [1.165, 1.54) is 14.2 Å². The molecule has 0 aromatic heterocycles. The largest absolute Gasteiger partial charge is 0.468 e. The first-order chi connectivity index (χ1) is 10.5. The summed E-state index contributed by atoms with van der Waals surface area (Å²) < 4.78 is 4.79. The second-order valence-corrected chi connectivity index (χ2v) is 5.79. The lowest BCUT2D eigenvalue weighted by molar-refractivity contribution is -0.147. The Morgan fingerprint density at radius 1 is 1.18 bits per heavy atom. The van der Waals surface area contributed by atoms with Crippen LogP contribution in [0, 0.1) is 18.8 Å². The van der Waals surface area contributed by atoms with E-state index in [1.54, 1.807) is 0 Å². The molecule has 0 aliphatic carbocycles. The van der Waals surface area contributed by atoms with Crippen molar-refractivity contribution in [3.63, 3.8) is 0 Å². The van der Waals surface area contributed by atoms with E-state index in [1.807, 2.05) is 31.2 Å². The Kier molecular flexibility index (Phi) is 3.48. The minimum absolute atomic E-state index is 0.248. The summed E-state index contributed by atoms with van der Waals surface area (Å²) in [5.41, 5.74) is 1.94. The molecule has 1 aromatic rings. The molecule has 0 saturated carbocycles. The normalized spacial score (nSPS) is 30.6. The van der Waals surface area contributed by atoms with E-state index >= 15 is 0 Å². The molecule has 2 heterocycles. The summed E-state index contributed by atoms with van der Waals surface area (Å²) in [5, 5.41) is 3.14. The fourth-order valence-electron chi connectivity index (χ4n) is 3.52. The minimum atomic E-state index is -0.791. The quantitative estimate of drug-likeness (QED) is 0.633. The lowest BCUT2D eigenvalue weighted by Gasteiger charge is -2.21. The van der Waals surface area contributed by atoms with Gasteiger partial charge in [0.25, 0.3) is 0 Å². The Bertz CT molecular complexity index is 657. The zero-order valence-electron chi connectivity index (χ0n) is 12.7. The smallest absolute Gasteiger partial charge is 0.323 e. The van der Waals surface area contributed by atoms with Gasteiger partial charge < -0.3 is 4.74 Å². The standard InChI is InChI=1S/C16H18N2O4/c1-8-6-4-5-7-9(8)12-10-11(13(17-12)16(21)22-3)15(20)18(2)14(10)19/h4-7,10-13,17H,1-3H3/t10-,11+,12-,13-/m1/s1. The summed E-state index contributed by atoms with van der Waals surface area (Å²) in [7, 11) is 2.75. The van der Waals surface area contributed by atoms with Crippen LogP contribution in [0.4, 0.5) is 0 Å². The van der Waals surface area contributed by atoms with E-state index in [0.29, 0.717) is 0 Å². The predicted molar refractivity (Wildman–Crippen MR) is 77.6 cm³/mol. The van der Waals surface area contributed by atoms with E-state index in [-0.39, 0.29) is 17.9 Å². The van der Waals surface area contributed by atoms with Crippen molar-refractivity contribution in [1.29, 1.82) is 0 Å². The van der Waals surface area contributed by atoms with Crippen molar-refractivity contribution in [1.82, 2.24) is 10.2 Å². The highest BCUT2D eigenvalue weighted by molar-refractivity contribution is 6.08. The average molecular weight is 302 g/mol. The van der Waals surface area contributed by atoms with E-state index in [0.717, 1.165) is 16.0 Å². The number of aryl methyl sites for hydroxylation is 1. The zero-order valence-corrected chi connectivity index (χ0v) is 12.7. The van der Waals surface area contributed by atoms with Crippen LogP contribution in [0.15, 0.2) is 24.3 Å². The molecule has 1 aromatic carbocycles. The number of ether oxygens (including phenoxy) is 1. The summed E-state index contributed by atoms with van der Waals surface area (Å²) >= 11 is 0. The molecule has 2 amide bonds. The minimum Gasteiger partial charge on any atom is -0.468 e. The lowest BCUT2D eigenvalue weighted by Crippen LogP contribution is -2.42. The maximum Gasteiger partial charge on any atom is 0.323 e. The number of amides is 2. The van der Waals surface area contributed by atoms with Crippen molar-refractivity contribution in [2.45, 2.75) is 19.0 Å². The van der Waals surface area contributed by atoms with Crippen molar-refractivity contribution in [3.05, 3.63) is 35.4 Å². The van der Waals surface area contributed by atoms with Gasteiger partial charge in [0.1, 0.15) is 6.04 Å².